The number of carbonyl (C=O) groups is 5. The third-order valence-electron chi connectivity index (χ3n) is 7.79. The summed E-state index contributed by atoms with van der Waals surface area (Å²) in [4.78, 5) is 66.8. The summed E-state index contributed by atoms with van der Waals surface area (Å²) < 4.78 is 5.56. The number of ketones is 4. The van der Waals surface area contributed by atoms with Crippen LogP contribution in [0.3, 0.4) is 0 Å². The van der Waals surface area contributed by atoms with Crippen LogP contribution in [0.5, 0.6) is 0 Å². The first-order valence-electron chi connectivity index (χ1n) is 11.9. The largest absolute Gasteiger partial charge is 0.508 e. The SMILES string of the molecule is CC=CC=CC(=O)C1C(C2(C)OC(=O)C(C)C2=O)C2C(=C(O)C=CC=CC)C(=O)C1(C)C(=O)C2(C)O. The summed E-state index contributed by atoms with van der Waals surface area (Å²) >= 11 is 0. The molecular weight excluding hydrogens is 464 g/mol. The summed E-state index contributed by atoms with van der Waals surface area (Å²) in [6, 6.07) is 0. The predicted molar refractivity (Wildman–Crippen MR) is 130 cm³/mol. The van der Waals surface area contributed by atoms with Crippen molar-refractivity contribution in [1.82, 2.24) is 0 Å². The topological polar surface area (TPSA) is 135 Å². The van der Waals surface area contributed by atoms with E-state index < -0.39 is 75.2 Å². The monoisotopic (exact) mass is 496 g/mol. The van der Waals surface area contributed by atoms with Crippen molar-refractivity contribution in [2.45, 2.75) is 52.7 Å². The highest BCUT2D eigenvalue weighted by molar-refractivity contribution is 6.25. The second-order valence-corrected chi connectivity index (χ2v) is 10.1. The van der Waals surface area contributed by atoms with E-state index in [1.165, 1.54) is 52.0 Å². The standard InChI is InChI=1S/C28H32O8/c1-7-9-11-13-16(29)18-20-21(28(6)22(31)15(3)24(33)36-28)19(17(30)14-12-10-8-2)26(4,23(18)32)25(34)27(20,5)35/h7-15,19-21,29,35H,1-6H3. The molecule has 0 aromatic rings. The van der Waals surface area contributed by atoms with Gasteiger partial charge in [-0.15, -0.1) is 0 Å². The molecule has 3 aliphatic carbocycles. The fraction of sp³-hybridized carbons (Fsp3) is 0.464. The molecule has 2 N–H and O–H groups in total. The molecule has 2 bridgehead atoms. The first-order valence-corrected chi connectivity index (χ1v) is 11.9. The number of aliphatic hydroxyl groups is 2. The van der Waals surface area contributed by atoms with Gasteiger partial charge in [0.1, 0.15) is 22.7 Å². The van der Waals surface area contributed by atoms with Crippen molar-refractivity contribution in [2.24, 2.45) is 29.1 Å². The first-order chi connectivity index (χ1) is 16.7. The Morgan fingerprint density at radius 3 is 2.00 bits per heavy atom. The smallest absolute Gasteiger partial charge is 0.317 e. The molecule has 0 spiro atoms. The number of cyclic esters (lactones) is 1. The lowest BCUT2D eigenvalue weighted by atomic mass is 9.40. The number of fused-ring (bicyclic) bond motifs is 3. The number of rotatable bonds is 6. The molecule has 0 aromatic carbocycles. The summed E-state index contributed by atoms with van der Waals surface area (Å²) in [6.45, 7) is 8.66. The molecule has 7 atom stereocenters. The fourth-order valence-corrected chi connectivity index (χ4v) is 6.04. The van der Waals surface area contributed by atoms with Crippen molar-refractivity contribution >= 4 is 29.1 Å². The third kappa shape index (κ3) is 3.66. The van der Waals surface area contributed by atoms with Crippen LogP contribution in [-0.2, 0) is 28.7 Å². The highest BCUT2D eigenvalue weighted by Gasteiger charge is 2.77. The van der Waals surface area contributed by atoms with E-state index >= 15 is 0 Å². The van der Waals surface area contributed by atoms with Crippen molar-refractivity contribution < 1.29 is 38.9 Å². The number of carbonyl (C=O) groups excluding carboxylic acids is 5. The zero-order valence-corrected chi connectivity index (χ0v) is 21.3. The second-order valence-electron chi connectivity index (χ2n) is 10.1. The van der Waals surface area contributed by atoms with Gasteiger partial charge in [-0.3, -0.25) is 24.0 Å². The zero-order chi connectivity index (χ0) is 27.2. The van der Waals surface area contributed by atoms with E-state index in [9.17, 15) is 34.2 Å². The predicted octanol–water partition coefficient (Wildman–Crippen LogP) is 2.92. The Morgan fingerprint density at radius 2 is 1.50 bits per heavy atom. The number of allylic oxidation sites excluding steroid dienone is 8. The summed E-state index contributed by atoms with van der Waals surface area (Å²) in [6.07, 6.45) is 11.9. The normalized spacial score (nSPS) is 40.4. The number of hydrogen-bond acceptors (Lipinski definition) is 8. The minimum atomic E-state index is -2.24. The number of ether oxygens (including phenoxy) is 1. The molecule has 1 saturated heterocycles. The fourth-order valence-electron chi connectivity index (χ4n) is 6.04. The van der Waals surface area contributed by atoms with Crippen molar-refractivity contribution in [3.63, 3.8) is 0 Å². The molecule has 7 unspecified atom stereocenters. The lowest BCUT2D eigenvalue weighted by Crippen LogP contribution is -2.75. The molecule has 3 saturated carbocycles. The molecule has 0 amide bonds. The minimum absolute atomic E-state index is 0.279. The average molecular weight is 497 g/mol. The van der Waals surface area contributed by atoms with Gasteiger partial charge in [-0.25, -0.2) is 0 Å². The molecule has 36 heavy (non-hydrogen) atoms. The van der Waals surface area contributed by atoms with Crippen LogP contribution in [0.4, 0.5) is 0 Å². The molecule has 1 heterocycles. The zero-order valence-electron chi connectivity index (χ0n) is 21.3. The molecule has 4 fully saturated rings. The number of aliphatic hydroxyl groups excluding tert-OH is 1. The van der Waals surface area contributed by atoms with Gasteiger partial charge in [0.2, 0.25) is 0 Å². The Balaban J connectivity index is 2.39. The van der Waals surface area contributed by atoms with Crippen LogP contribution in [-0.4, -0.2) is 50.5 Å². The van der Waals surface area contributed by atoms with E-state index in [0.29, 0.717) is 0 Å². The highest BCUT2D eigenvalue weighted by atomic mass is 16.6. The molecule has 0 aromatic heterocycles. The highest BCUT2D eigenvalue weighted by Crippen LogP contribution is 2.63. The molecule has 4 aliphatic rings. The summed E-state index contributed by atoms with van der Waals surface area (Å²) in [5, 5.41) is 22.5. The molecule has 1 aliphatic heterocycles. The van der Waals surface area contributed by atoms with E-state index in [0.717, 1.165) is 0 Å². The van der Waals surface area contributed by atoms with Crippen molar-refractivity contribution in [3.05, 3.63) is 59.9 Å². The molecule has 8 heteroatoms. The van der Waals surface area contributed by atoms with Gasteiger partial charge >= 0.3 is 5.97 Å². The number of Topliss-reactive ketones (excluding diaryl/α,β-unsaturated/α-hetero) is 3. The van der Waals surface area contributed by atoms with E-state index in [-0.39, 0.29) is 5.57 Å². The van der Waals surface area contributed by atoms with Crippen molar-refractivity contribution in [2.75, 3.05) is 0 Å². The molecule has 192 valence electrons. The maximum atomic E-state index is 13.8. The van der Waals surface area contributed by atoms with Gasteiger partial charge in [0.15, 0.2) is 28.7 Å². The first kappa shape index (κ1) is 27.2. The van der Waals surface area contributed by atoms with Crippen LogP contribution >= 0.6 is 0 Å². The Morgan fingerprint density at radius 1 is 0.944 bits per heavy atom. The van der Waals surface area contributed by atoms with Gasteiger partial charge in [0.25, 0.3) is 0 Å². The molecule has 8 nitrogen and oxygen atoms in total. The van der Waals surface area contributed by atoms with E-state index in [2.05, 4.69) is 0 Å². The van der Waals surface area contributed by atoms with Crippen LogP contribution in [0.25, 0.3) is 0 Å². The maximum absolute atomic E-state index is 13.8. The average Bonchev–Trinajstić information content (AvgIpc) is 3.01. The van der Waals surface area contributed by atoms with Crippen LogP contribution in [0.2, 0.25) is 0 Å². The lowest BCUT2D eigenvalue weighted by molar-refractivity contribution is -0.203. The Bertz CT molecular complexity index is 1180. The molecular formula is C28H32O8. The second kappa shape index (κ2) is 9.24. The van der Waals surface area contributed by atoms with Gasteiger partial charge in [0, 0.05) is 23.3 Å². The molecule has 0 radical (unpaired) electrons. The Hall–Kier alpha value is -3.39. The van der Waals surface area contributed by atoms with Gasteiger partial charge < -0.3 is 14.9 Å². The van der Waals surface area contributed by atoms with Gasteiger partial charge in [0.05, 0.1) is 0 Å². The van der Waals surface area contributed by atoms with Gasteiger partial charge in [-0.05, 0) is 53.7 Å². The van der Waals surface area contributed by atoms with E-state index in [1.54, 1.807) is 38.2 Å². The van der Waals surface area contributed by atoms with Crippen LogP contribution in [0.15, 0.2) is 59.9 Å². The Kier molecular flexibility index (Phi) is 6.98. The van der Waals surface area contributed by atoms with Crippen LogP contribution in [0.1, 0.15) is 41.5 Å². The lowest BCUT2D eigenvalue weighted by Gasteiger charge is -2.60. The number of esters is 1. The van der Waals surface area contributed by atoms with E-state index in [4.69, 9.17) is 4.74 Å². The third-order valence-corrected chi connectivity index (χ3v) is 7.79. The van der Waals surface area contributed by atoms with Crippen molar-refractivity contribution in [3.8, 4) is 0 Å². The minimum Gasteiger partial charge on any atom is -0.508 e. The van der Waals surface area contributed by atoms with Gasteiger partial charge in [-0.1, -0.05) is 36.5 Å². The van der Waals surface area contributed by atoms with E-state index in [1.807, 2.05) is 0 Å². The quantitative estimate of drug-likeness (QED) is 0.188. The Labute approximate surface area is 210 Å². The van der Waals surface area contributed by atoms with Crippen LogP contribution < -0.4 is 0 Å². The summed E-state index contributed by atoms with van der Waals surface area (Å²) in [5.74, 6) is -9.61. The van der Waals surface area contributed by atoms with Gasteiger partial charge in [-0.2, -0.15) is 0 Å². The van der Waals surface area contributed by atoms with Crippen LogP contribution in [0, 0.1) is 29.1 Å². The number of hydrogen-bond donors (Lipinski definition) is 2. The molecule has 4 rings (SSSR count). The summed E-state index contributed by atoms with van der Waals surface area (Å²) in [7, 11) is 0. The summed E-state index contributed by atoms with van der Waals surface area (Å²) in [5.41, 5.74) is -6.57. The van der Waals surface area contributed by atoms with Crippen molar-refractivity contribution in [1.29, 1.82) is 0 Å². The maximum Gasteiger partial charge on any atom is 0.317 e.